The van der Waals surface area contributed by atoms with Gasteiger partial charge in [-0.05, 0) is 42.8 Å². The summed E-state index contributed by atoms with van der Waals surface area (Å²) >= 11 is 6.07. The number of likely N-dealkylation sites (tertiary alicyclic amines) is 1. The first-order valence-electron chi connectivity index (χ1n) is 10.4. The van der Waals surface area contributed by atoms with E-state index in [2.05, 4.69) is 6.58 Å². The molecule has 2 atom stereocenters. The molecular formula is C24H26ClN3O3. The Balaban J connectivity index is 1.53. The van der Waals surface area contributed by atoms with Crippen LogP contribution < -0.4 is 4.74 Å². The van der Waals surface area contributed by atoms with Gasteiger partial charge in [-0.25, -0.2) is 4.98 Å². The fourth-order valence-corrected chi connectivity index (χ4v) is 4.16. The molecule has 6 nitrogen and oxygen atoms in total. The van der Waals surface area contributed by atoms with E-state index in [9.17, 15) is 9.90 Å². The number of carbonyl (C=O) groups excluding carboxylic acids is 1. The summed E-state index contributed by atoms with van der Waals surface area (Å²) in [6.07, 6.45) is 1.41. The molecule has 0 bridgehead atoms. The van der Waals surface area contributed by atoms with E-state index in [1.165, 1.54) is 0 Å². The van der Waals surface area contributed by atoms with Crippen LogP contribution in [0.15, 0.2) is 55.1 Å². The van der Waals surface area contributed by atoms with Crippen LogP contribution in [-0.4, -0.2) is 51.3 Å². The third-order valence-corrected chi connectivity index (χ3v) is 6.00. The van der Waals surface area contributed by atoms with Crippen molar-refractivity contribution >= 4 is 28.5 Å². The first-order chi connectivity index (χ1) is 15.0. The lowest BCUT2D eigenvalue weighted by Crippen LogP contribution is -2.26. The number of aryl methyl sites for hydroxylation is 1. The van der Waals surface area contributed by atoms with Crippen LogP contribution in [-0.2, 0) is 11.3 Å². The van der Waals surface area contributed by atoms with Crippen LogP contribution >= 0.6 is 11.6 Å². The highest BCUT2D eigenvalue weighted by molar-refractivity contribution is 6.31. The van der Waals surface area contributed by atoms with Crippen molar-refractivity contribution in [3.05, 3.63) is 71.5 Å². The fourth-order valence-electron chi connectivity index (χ4n) is 4.04. The lowest BCUT2D eigenvalue weighted by molar-refractivity contribution is -0.127. The maximum absolute atomic E-state index is 12.4. The summed E-state index contributed by atoms with van der Waals surface area (Å²) in [6, 6.07) is 13.3. The molecule has 4 rings (SSSR count). The van der Waals surface area contributed by atoms with Crippen molar-refractivity contribution in [1.29, 1.82) is 0 Å². The summed E-state index contributed by atoms with van der Waals surface area (Å²) in [5.41, 5.74) is 2.72. The number of imidazole rings is 1. The summed E-state index contributed by atoms with van der Waals surface area (Å²) in [6.45, 7) is 7.25. The number of fused-ring (bicyclic) bond motifs is 1. The van der Waals surface area contributed by atoms with Crippen LogP contribution in [0, 0.1) is 6.92 Å². The Hall–Kier alpha value is -2.83. The second kappa shape index (κ2) is 9.12. The Morgan fingerprint density at radius 1 is 1.35 bits per heavy atom. The minimum Gasteiger partial charge on any atom is -0.491 e. The van der Waals surface area contributed by atoms with E-state index in [4.69, 9.17) is 21.3 Å². The van der Waals surface area contributed by atoms with Gasteiger partial charge in [-0.1, -0.05) is 29.8 Å². The fraction of sp³-hybridized carbons (Fsp3) is 0.333. The number of benzene rings is 2. The summed E-state index contributed by atoms with van der Waals surface area (Å²) in [7, 11) is 0. The second-order valence-corrected chi connectivity index (χ2v) is 8.34. The van der Waals surface area contributed by atoms with Crippen LogP contribution in [0.3, 0.4) is 0 Å². The molecule has 1 N–H and O–H groups in total. The molecule has 162 valence electrons. The van der Waals surface area contributed by atoms with Gasteiger partial charge in [0.2, 0.25) is 5.91 Å². The van der Waals surface area contributed by atoms with E-state index >= 15 is 0 Å². The number of carbonyl (C=O) groups is 1. The summed E-state index contributed by atoms with van der Waals surface area (Å²) in [5, 5.41) is 11.4. The minimum absolute atomic E-state index is 0.0214. The van der Waals surface area contributed by atoms with Crippen molar-refractivity contribution in [3.63, 3.8) is 0 Å². The van der Waals surface area contributed by atoms with E-state index < -0.39 is 6.10 Å². The number of amides is 1. The van der Waals surface area contributed by atoms with Gasteiger partial charge in [0, 0.05) is 30.5 Å². The zero-order valence-electron chi connectivity index (χ0n) is 17.5. The summed E-state index contributed by atoms with van der Waals surface area (Å²) in [4.78, 5) is 19.0. The van der Waals surface area contributed by atoms with E-state index in [-0.39, 0.29) is 18.4 Å². The maximum Gasteiger partial charge on any atom is 0.223 e. The Labute approximate surface area is 186 Å². The van der Waals surface area contributed by atoms with E-state index in [0.29, 0.717) is 36.8 Å². The number of aliphatic hydroxyl groups excluding tert-OH is 1. The number of para-hydroxylation sites is 2. The Kier molecular flexibility index (Phi) is 6.30. The molecule has 0 unspecified atom stereocenters. The van der Waals surface area contributed by atoms with Crippen LogP contribution in [0.5, 0.6) is 5.75 Å². The van der Waals surface area contributed by atoms with E-state index in [0.717, 1.165) is 22.4 Å². The first kappa shape index (κ1) is 21.4. The molecule has 31 heavy (non-hydrogen) atoms. The molecule has 1 aromatic heterocycles. The molecule has 2 heterocycles. The standard InChI is InChI=1S/C24H26ClN3O3/c1-3-10-27-13-17(12-23(27)30)24-26-21-6-4-5-7-22(21)28(24)14-18(29)15-31-19-8-9-20(25)16(2)11-19/h3-9,11,17-18,29H,1,10,12-15H2,2H3/t17-,18-/m1/s1. The highest BCUT2D eigenvalue weighted by Gasteiger charge is 2.33. The van der Waals surface area contributed by atoms with Gasteiger partial charge < -0.3 is 19.3 Å². The molecule has 1 fully saturated rings. The van der Waals surface area contributed by atoms with Crippen LogP contribution in [0.1, 0.15) is 23.7 Å². The lowest BCUT2D eigenvalue weighted by Gasteiger charge is -2.18. The van der Waals surface area contributed by atoms with Gasteiger partial charge in [0.15, 0.2) is 0 Å². The van der Waals surface area contributed by atoms with Gasteiger partial charge in [-0.3, -0.25) is 4.79 Å². The number of aromatic nitrogens is 2. The monoisotopic (exact) mass is 439 g/mol. The predicted molar refractivity (Wildman–Crippen MR) is 122 cm³/mol. The van der Waals surface area contributed by atoms with Crippen LogP contribution in [0.2, 0.25) is 5.02 Å². The smallest absolute Gasteiger partial charge is 0.223 e. The van der Waals surface area contributed by atoms with Crippen molar-refractivity contribution in [3.8, 4) is 5.75 Å². The molecule has 3 aromatic rings. The minimum atomic E-state index is -0.742. The SMILES string of the molecule is C=CCN1C[C@H](c2nc3ccccc3n2C[C@@H](O)COc2ccc(Cl)c(C)c2)CC1=O. The number of nitrogens with zero attached hydrogens (tertiary/aromatic N) is 3. The molecule has 0 radical (unpaired) electrons. The topological polar surface area (TPSA) is 67.6 Å². The lowest BCUT2D eigenvalue weighted by atomic mass is 10.1. The summed E-state index contributed by atoms with van der Waals surface area (Å²) < 4.78 is 7.80. The van der Waals surface area contributed by atoms with Gasteiger partial charge in [-0.15, -0.1) is 6.58 Å². The van der Waals surface area contributed by atoms with Crippen molar-refractivity contribution in [1.82, 2.24) is 14.5 Å². The zero-order chi connectivity index (χ0) is 22.0. The maximum atomic E-state index is 12.4. The van der Waals surface area contributed by atoms with Crippen LogP contribution in [0.4, 0.5) is 0 Å². The Morgan fingerprint density at radius 2 is 2.16 bits per heavy atom. The second-order valence-electron chi connectivity index (χ2n) is 7.93. The van der Waals surface area contributed by atoms with Crippen molar-refractivity contribution in [2.45, 2.75) is 31.9 Å². The summed E-state index contributed by atoms with van der Waals surface area (Å²) in [5.74, 6) is 1.57. The third-order valence-electron chi connectivity index (χ3n) is 5.58. The highest BCUT2D eigenvalue weighted by Crippen LogP contribution is 2.30. The quantitative estimate of drug-likeness (QED) is 0.540. The number of hydrogen-bond acceptors (Lipinski definition) is 4. The number of aliphatic hydroxyl groups is 1. The number of ether oxygens (including phenoxy) is 1. The zero-order valence-corrected chi connectivity index (χ0v) is 18.3. The average molecular weight is 440 g/mol. The number of halogens is 1. The van der Waals surface area contributed by atoms with Crippen molar-refractivity contribution in [2.24, 2.45) is 0 Å². The molecule has 7 heteroatoms. The van der Waals surface area contributed by atoms with Gasteiger partial charge in [0.25, 0.3) is 0 Å². The van der Waals surface area contributed by atoms with E-state index in [1.54, 1.807) is 23.1 Å². The first-order valence-corrected chi connectivity index (χ1v) is 10.7. The number of hydrogen-bond donors (Lipinski definition) is 1. The molecule has 1 aliphatic heterocycles. The van der Waals surface area contributed by atoms with Crippen molar-refractivity contribution < 1.29 is 14.6 Å². The van der Waals surface area contributed by atoms with E-state index in [1.807, 2.05) is 41.8 Å². The molecule has 2 aromatic carbocycles. The van der Waals surface area contributed by atoms with Gasteiger partial charge >= 0.3 is 0 Å². The third kappa shape index (κ3) is 4.60. The Bertz CT molecular complexity index is 1110. The predicted octanol–water partition coefficient (Wildman–Crippen LogP) is 3.94. The molecule has 0 aliphatic carbocycles. The average Bonchev–Trinajstić information content (AvgIpc) is 3.30. The largest absolute Gasteiger partial charge is 0.491 e. The highest BCUT2D eigenvalue weighted by atomic mass is 35.5. The molecule has 1 amide bonds. The molecule has 0 saturated carbocycles. The van der Waals surface area contributed by atoms with Gasteiger partial charge in [-0.2, -0.15) is 0 Å². The van der Waals surface area contributed by atoms with Gasteiger partial charge in [0.05, 0.1) is 17.6 Å². The normalized spacial score (nSPS) is 17.3. The van der Waals surface area contributed by atoms with Crippen LogP contribution in [0.25, 0.3) is 11.0 Å². The molecule has 0 spiro atoms. The molecule has 1 aliphatic rings. The Morgan fingerprint density at radius 3 is 2.94 bits per heavy atom. The molecule has 1 saturated heterocycles. The molecular weight excluding hydrogens is 414 g/mol. The van der Waals surface area contributed by atoms with Crippen molar-refractivity contribution in [2.75, 3.05) is 19.7 Å². The van der Waals surface area contributed by atoms with Gasteiger partial charge in [0.1, 0.15) is 24.3 Å². The number of rotatable bonds is 8.